The summed E-state index contributed by atoms with van der Waals surface area (Å²) < 4.78 is 6.80. The van der Waals surface area contributed by atoms with Gasteiger partial charge < -0.3 is 15.2 Å². The Bertz CT molecular complexity index is 706. The number of benzene rings is 1. The smallest absolute Gasteiger partial charge is 0.258 e. The number of aliphatic hydroxyl groups excluding tert-OH is 1. The third-order valence-electron chi connectivity index (χ3n) is 3.77. The Labute approximate surface area is 116 Å². The molecule has 0 amide bonds. The van der Waals surface area contributed by atoms with Gasteiger partial charge in [0.15, 0.2) is 0 Å². The molecule has 5 heteroatoms. The van der Waals surface area contributed by atoms with E-state index in [2.05, 4.69) is 5.32 Å². The maximum atomic E-state index is 12.6. The van der Waals surface area contributed by atoms with Gasteiger partial charge >= 0.3 is 0 Å². The normalized spacial score (nSPS) is 14.1. The van der Waals surface area contributed by atoms with Gasteiger partial charge in [-0.05, 0) is 24.5 Å². The molecule has 1 aliphatic rings. The van der Waals surface area contributed by atoms with Crippen molar-refractivity contribution in [2.45, 2.75) is 26.2 Å². The number of anilines is 1. The zero-order valence-corrected chi connectivity index (χ0v) is 11.5. The first kappa shape index (κ1) is 13.1. The summed E-state index contributed by atoms with van der Waals surface area (Å²) in [5.41, 5.74) is 3.36. The first-order valence-corrected chi connectivity index (χ1v) is 6.78. The summed E-state index contributed by atoms with van der Waals surface area (Å²) >= 11 is 0. The average Bonchev–Trinajstić information content (AvgIpc) is 2.51. The van der Waals surface area contributed by atoms with Gasteiger partial charge in [-0.25, -0.2) is 0 Å². The summed E-state index contributed by atoms with van der Waals surface area (Å²) in [5.74, 6) is 0. The van der Waals surface area contributed by atoms with Gasteiger partial charge in [-0.15, -0.1) is 0 Å². The summed E-state index contributed by atoms with van der Waals surface area (Å²) in [5, 5.41) is 13.6. The van der Waals surface area contributed by atoms with Crippen molar-refractivity contribution in [3.8, 4) is 0 Å². The van der Waals surface area contributed by atoms with Crippen LogP contribution >= 0.6 is 0 Å². The predicted molar refractivity (Wildman–Crippen MR) is 78.0 cm³/mol. The molecular formula is C15H18N2O3. The number of nitrogens with one attached hydrogen (secondary N) is 1. The minimum Gasteiger partial charge on any atom is -0.392 e. The topological polar surface area (TPSA) is 63.5 Å². The molecule has 0 radical (unpaired) electrons. The lowest BCUT2D eigenvalue weighted by molar-refractivity contribution is 0.131. The molecule has 0 aliphatic carbocycles. The quantitative estimate of drug-likeness (QED) is 0.889. The van der Waals surface area contributed by atoms with Crippen molar-refractivity contribution in [1.29, 1.82) is 0 Å². The fourth-order valence-corrected chi connectivity index (χ4v) is 2.82. The molecular weight excluding hydrogens is 256 g/mol. The molecule has 2 heterocycles. The van der Waals surface area contributed by atoms with E-state index in [9.17, 15) is 9.90 Å². The van der Waals surface area contributed by atoms with E-state index in [1.54, 1.807) is 11.7 Å². The number of fused-ring (bicyclic) bond motifs is 3. The van der Waals surface area contributed by atoms with Gasteiger partial charge in [-0.2, -0.15) is 0 Å². The molecule has 0 fully saturated rings. The fraction of sp³-hybridized carbons (Fsp3) is 0.400. The van der Waals surface area contributed by atoms with Gasteiger partial charge in [-0.1, -0.05) is 12.1 Å². The Morgan fingerprint density at radius 1 is 1.45 bits per heavy atom. The Kier molecular flexibility index (Phi) is 3.46. The van der Waals surface area contributed by atoms with Gasteiger partial charge in [0.25, 0.3) is 5.56 Å². The van der Waals surface area contributed by atoms with Crippen molar-refractivity contribution >= 4 is 16.6 Å². The molecule has 20 heavy (non-hydrogen) atoms. The zero-order chi connectivity index (χ0) is 14.1. The molecule has 0 unspecified atom stereocenters. The van der Waals surface area contributed by atoms with Crippen LogP contribution in [0.25, 0.3) is 10.9 Å². The first-order chi connectivity index (χ1) is 9.76. The van der Waals surface area contributed by atoms with E-state index < -0.39 is 0 Å². The fourth-order valence-electron chi connectivity index (χ4n) is 2.82. The Morgan fingerprint density at radius 3 is 3.05 bits per heavy atom. The number of aliphatic hydroxyl groups is 1. The van der Waals surface area contributed by atoms with E-state index in [1.165, 1.54) is 0 Å². The van der Waals surface area contributed by atoms with E-state index in [0.29, 0.717) is 0 Å². The van der Waals surface area contributed by atoms with Crippen LogP contribution in [0.1, 0.15) is 17.5 Å². The van der Waals surface area contributed by atoms with Crippen molar-refractivity contribution < 1.29 is 9.84 Å². The third kappa shape index (κ3) is 1.99. The second kappa shape index (κ2) is 5.26. The second-order valence-electron chi connectivity index (χ2n) is 5.04. The van der Waals surface area contributed by atoms with Gasteiger partial charge in [0.1, 0.15) is 6.73 Å². The van der Waals surface area contributed by atoms with Crippen LogP contribution in [0.5, 0.6) is 0 Å². The van der Waals surface area contributed by atoms with E-state index in [1.807, 2.05) is 18.2 Å². The predicted octanol–water partition coefficient (Wildman–Crippen LogP) is 1.46. The highest BCUT2D eigenvalue weighted by molar-refractivity contribution is 5.94. The minimum atomic E-state index is -0.0401. The average molecular weight is 274 g/mol. The molecule has 0 saturated carbocycles. The first-order valence-electron chi connectivity index (χ1n) is 6.78. The lowest BCUT2D eigenvalue weighted by atomic mass is 10.00. The summed E-state index contributed by atoms with van der Waals surface area (Å²) in [4.78, 5) is 12.6. The molecule has 1 aromatic heterocycles. The minimum absolute atomic E-state index is 0.00311. The SMILES string of the molecule is COCn1c(=O)c2c(c3ccc(CO)cc31)NCCC2. The molecule has 1 aromatic carbocycles. The second-order valence-corrected chi connectivity index (χ2v) is 5.04. The number of pyridine rings is 1. The molecule has 0 bridgehead atoms. The number of rotatable bonds is 3. The van der Waals surface area contributed by atoms with Crippen LogP contribution in [0.3, 0.4) is 0 Å². The molecule has 5 nitrogen and oxygen atoms in total. The van der Waals surface area contributed by atoms with Crippen LogP contribution in [0, 0.1) is 0 Å². The van der Waals surface area contributed by atoms with Crippen LogP contribution in [-0.2, 0) is 24.5 Å². The van der Waals surface area contributed by atoms with Gasteiger partial charge in [0.2, 0.25) is 0 Å². The molecule has 0 atom stereocenters. The highest BCUT2D eigenvalue weighted by atomic mass is 16.5. The summed E-state index contributed by atoms with van der Waals surface area (Å²) in [6.45, 7) is 1.07. The van der Waals surface area contributed by atoms with Crippen LogP contribution in [0.4, 0.5) is 5.69 Å². The largest absolute Gasteiger partial charge is 0.392 e. The van der Waals surface area contributed by atoms with E-state index in [4.69, 9.17) is 4.74 Å². The zero-order valence-electron chi connectivity index (χ0n) is 11.5. The van der Waals surface area contributed by atoms with Crippen LogP contribution in [-0.4, -0.2) is 23.3 Å². The number of hydrogen-bond acceptors (Lipinski definition) is 4. The number of hydrogen-bond donors (Lipinski definition) is 2. The highest BCUT2D eigenvalue weighted by Crippen LogP contribution is 2.29. The van der Waals surface area contributed by atoms with Crippen LogP contribution in [0.2, 0.25) is 0 Å². The molecule has 1 aliphatic heterocycles. The Hall–Kier alpha value is -1.85. The number of aromatic nitrogens is 1. The molecule has 0 saturated heterocycles. The number of nitrogens with zero attached hydrogens (tertiary/aromatic N) is 1. The summed E-state index contributed by atoms with van der Waals surface area (Å²) in [6, 6.07) is 5.70. The van der Waals surface area contributed by atoms with Crippen molar-refractivity contribution in [3.05, 3.63) is 39.7 Å². The molecule has 106 valence electrons. The van der Waals surface area contributed by atoms with E-state index >= 15 is 0 Å². The van der Waals surface area contributed by atoms with E-state index in [-0.39, 0.29) is 18.9 Å². The molecule has 2 N–H and O–H groups in total. The van der Waals surface area contributed by atoms with Crippen molar-refractivity contribution in [1.82, 2.24) is 4.57 Å². The van der Waals surface area contributed by atoms with Crippen molar-refractivity contribution in [2.24, 2.45) is 0 Å². The maximum absolute atomic E-state index is 12.6. The van der Waals surface area contributed by atoms with E-state index in [0.717, 1.165) is 47.1 Å². The van der Waals surface area contributed by atoms with Crippen molar-refractivity contribution in [2.75, 3.05) is 19.0 Å². The highest BCUT2D eigenvalue weighted by Gasteiger charge is 2.19. The molecule has 2 aromatic rings. The standard InChI is InChI=1S/C15H18N2O3/c1-20-9-17-13-7-10(8-18)4-5-11(13)14-12(15(17)19)3-2-6-16-14/h4-5,7,16,18H,2-3,6,8-9H2,1H3. The summed E-state index contributed by atoms with van der Waals surface area (Å²) in [6.07, 6.45) is 1.76. The van der Waals surface area contributed by atoms with Gasteiger partial charge in [-0.3, -0.25) is 9.36 Å². The van der Waals surface area contributed by atoms with Crippen LogP contribution < -0.4 is 10.9 Å². The maximum Gasteiger partial charge on any atom is 0.258 e. The molecule has 3 rings (SSSR count). The number of methoxy groups -OCH3 is 1. The lowest BCUT2D eigenvalue weighted by Crippen LogP contribution is -2.29. The van der Waals surface area contributed by atoms with Crippen LogP contribution in [0.15, 0.2) is 23.0 Å². The Balaban J connectivity index is 2.37. The Morgan fingerprint density at radius 2 is 2.30 bits per heavy atom. The third-order valence-corrected chi connectivity index (χ3v) is 3.77. The summed E-state index contributed by atoms with van der Waals surface area (Å²) in [7, 11) is 1.58. The lowest BCUT2D eigenvalue weighted by Gasteiger charge is -2.22. The monoisotopic (exact) mass is 274 g/mol. The van der Waals surface area contributed by atoms with Gasteiger partial charge in [0.05, 0.1) is 17.8 Å². The van der Waals surface area contributed by atoms with Crippen molar-refractivity contribution in [3.63, 3.8) is 0 Å². The molecule has 0 spiro atoms. The van der Waals surface area contributed by atoms with Gasteiger partial charge in [0, 0.05) is 24.6 Å². The number of ether oxygens (including phenoxy) is 1.